The van der Waals surface area contributed by atoms with Gasteiger partial charge in [-0.2, -0.15) is 0 Å². The molecule has 2 saturated heterocycles. The van der Waals surface area contributed by atoms with Crippen molar-refractivity contribution in [3.8, 4) is 0 Å². The van der Waals surface area contributed by atoms with Gasteiger partial charge in [0.2, 0.25) is 0 Å². The summed E-state index contributed by atoms with van der Waals surface area (Å²) in [5.74, 6) is 0.880. The number of halogens is 1. The van der Waals surface area contributed by atoms with Crippen LogP contribution in [0, 0.1) is 0 Å². The smallest absolute Gasteiger partial charge is 0.170 e. The summed E-state index contributed by atoms with van der Waals surface area (Å²) in [6.07, 6.45) is 2.84. The van der Waals surface area contributed by atoms with Gasteiger partial charge in [0.1, 0.15) is 11.8 Å². The van der Waals surface area contributed by atoms with Crippen molar-refractivity contribution in [3.05, 3.63) is 77.3 Å². The summed E-state index contributed by atoms with van der Waals surface area (Å²) in [6.45, 7) is 5.48. The summed E-state index contributed by atoms with van der Waals surface area (Å²) in [5, 5.41) is 5.80. The lowest BCUT2D eigenvalue weighted by atomic mass is 10.0. The Labute approximate surface area is 214 Å². The first kappa shape index (κ1) is 23.6. The van der Waals surface area contributed by atoms with Crippen LogP contribution >= 0.6 is 35.6 Å². The average Bonchev–Trinajstić information content (AvgIpc) is 3.46. The Morgan fingerprint density at radius 3 is 2.65 bits per heavy atom. The lowest BCUT2D eigenvalue weighted by Gasteiger charge is -2.29. The summed E-state index contributed by atoms with van der Waals surface area (Å²) < 4.78 is 11.8. The minimum atomic E-state index is -0.0726. The van der Waals surface area contributed by atoms with Gasteiger partial charge in [0.25, 0.3) is 0 Å². The fourth-order valence-corrected chi connectivity index (χ4v) is 5.65. The molecule has 0 aliphatic carbocycles. The SMILES string of the molecule is S=C1N[C@H](c2ccccn2)[C@H](c2ccc(Sc3ccc(Cl)cc3)o2)N1CCCN1CCOCC1. The highest BCUT2D eigenvalue weighted by Crippen LogP contribution is 2.41. The minimum absolute atomic E-state index is 0.0633. The molecular formula is C25H27ClN4O2S2. The van der Waals surface area contributed by atoms with E-state index in [9.17, 15) is 0 Å². The molecule has 4 heterocycles. The van der Waals surface area contributed by atoms with Crippen LogP contribution < -0.4 is 5.32 Å². The molecule has 5 rings (SSSR count). The zero-order valence-electron chi connectivity index (χ0n) is 18.7. The highest BCUT2D eigenvalue weighted by molar-refractivity contribution is 7.99. The molecule has 0 spiro atoms. The van der Waals surface area contributed by atoms with E-state index in [2.05, 4.69) is 26.2 Å². The number of thiocarbonyl (C=S) groups is 1. The number of ether oxygens (including phenoxy) is 1. The molecule has 0 radical (unpaired) electrons. The van der Waals surface area contributed by atoms with Crippen LogP contribution in [-0.4, -0.2) is 59.3 Å². The van der Waals surface area contributed by atoms with Crippen molar-refractivity contribution in [1.29, 1.82) is 0 Å². The number of hydrogen-bond acceptors (Lipinski definition) is 6. The molecule has 2 aliphatic heterocycles. The maximum atomic E-state index is 6.36. The number of benzene rings is 1. The lowest BCUT2D eigenvalue weighted by molar-refractivity contribution is 0.0365. The molecule has 34 heavy (non-hydrogen) atoms. The van der Waals surface area contributed by atoms with Crippen molar-refractivity contribution in [2.24, 2.45) is 0 Å². The Morgan fingerprint density at radius 1 is 1.06 bits per heavy atom. The Balaban J connectivity index is 1.35. The van der Waals surface area contributed by atoms with Crippen LogP contribution in [-0.2, 0) is 4.74 Å². The fraction of sp³-hybridized carbons (Fsp3) is 0.360. The number of nitrogens with zero attached hydrogens (tertiary/aromatic N) is 3. The molecule has 2 aromatic heterocycles. The molecule has 2 atom stereocenters. The van der Waals surface area contributed by atoms with Crippen molar-refractivity contribution < 1.29 is 9.15 Å². The number of hydrogen-bond donors (Lipinski definition) is 1. The van der Waals surface area contributed by atoms with Crippen molar-refractivity contribution in [2.75, 3.05) is 39.4 Å². The Morgan fingerprint density at radius 2 is 1.88 bits per heavy atom. The maximum absolute atomic E-state index is 6.36. The van der Waals surface area contributed by atoms with Crippen LogP contribution in [0.2, 0.25) is 5.02 Å². The second kappa shape index (κ2) is 11.1. The topological polar surface area (TPSA) is 53.8 Å². The number of pyridine rings is 1. The second-order valence-electron chi connectivity index (χ2n) is 8.34. The lowest BCUT2D eigenvalue weighted by Crippen LogP contribution is -2.38. The zero-order valence-corrected chi connectivity index (χ0v) is 21.1. The van der Waals surface area contributed by atoms with Gasteiger partial charge in [-0.3, -0.25) is 9.88 Å². The van der Waals surface area contributed by atoms with Crippen LogP contribution in [0.1, 0.15) is 30.0 Å². The van der Waals surface area contributed by atoms with Crippen molar-refractivity contribution >= 4 is 40.7 Å². The first-order valence-electron chi connectivity index (χ1n) is 11.5. The van der Waals surface area contributed by atoms with E-state index in [0.29, 0.717) is 0 Å². The van der Waals surface area contributed by atoms with Crippen LogP contribution in [0.5, 0.6) is 0 Å². The summed E-state index contributed by atoms with van der Waals surface area (Å²) >= 11 is 13.4. The molecule has 1 aromatic carbocycles. The Bertz CT molecular complexity index is 1090. The normalized spacial score (nSPS) is 21.1. The van der Waals surface area contributed by atoms with Crippen LogP contribution in [0.15, 0.2) is 75.2 Å². The average molecular weight is 515 g/mol. The molecule has 0 saturated carbocycles. The first-order chi connectivity index (χ1) is 16.7. The van der Waals surface area contributed by atoms with Gasteiger partial charge < -0.3 is 19.4 Å². The maximum Gasteiger partial charge on any atom is 0.170 e. The monoisotopic (exact) mass is 514 g/mol. The fourth-order valence-electron chi connectivity index (χ4n) is 4.41. The van der Waals surface area contributed by atoms with Crippen LogP contribution in [0.4, 0.5) is 0 Å². The number of rotatable bonds is 8. The van der Waals surface area contributed by atoms with E-state index < -0.39 is 0 Å². The van der Waals surface area contributed by atoms with Crippen LogP contribution in [0.25, 0.3) is 0 Å². The quantitative estimate of drug-likeness (QED) is 0.413. The molecule has 0 bridgehead atoms. The van der Waals surface area contributed by atoms with Crippen molar-refractivity contribution in [3.63, 3.8) is 0 Å². The summed E-state index contributed by atoms with van der Waals surface area (Å²) in [6, 6.07) is 17.7. The molecule has 0 unspecified atom stereocenters. The molecule has 2 fully saturated rings. The van der Waals surface area contributed by atoms with Gasteiger partial charge >= 0.3 is 0 Å². The number of furan rings is 1. The summed E-state index contributed by atoms with van der Waals surface area (Å²) in [5.41, 5.74) is 0.953. The van der Waals surface area contributed by atoms with E-state index in [1.165, 1.54) is 0 Å². The number of aromatic nitrogens is 1. The van der Waals surface area contributed by atoms with E-state index in [0.717, 1.165) is 77.4 Å². The molecule has 1 N–H and O–H groups in total. The third-order valence-corrected chi connectivity index (χ3v) is 7.63. The van der Waals surface area contributed by atoms with Crippen LogP contribution in [0.3, 0.4) is 0 Å². The highest BCUT2D eigenvalue weighted by atomic mass is 35.5. The standard InChI is InChI=1S/C25H27ClN4O2S2/c26-18-5-7-19(8-6-18)34-22-10-9-21(32-22)24-23(20-4-1-2-11-27-20)28-25(33)30(24)13-3-12-29-14-16-31-17-15-29/h1-2,4-11,23-24H,3,12-17H2,(H,28,33)/t23-,24+/m1/s1. The van der Waals surface area contributed by atoms with E-state index in [1.54, 1.807) is 11.8 Å². The van der Waals surface area contributed by atoms with E-state index in [-0.39, 0.29) is 12.1 Å². The van der Waals surface area contributed by atoms with E-state index in [1.807, 2.05) is 54.7 Å². The molecular weight excluding hydrogens is 488 g/mol. The molecule has 2 aliphatic rings. The Hall–Kier alpha value is -2.10. The van der Waals surface area contributed by atoms with Gasteiger partial charge in [-0.25, -0.2) is 0 Å². The molecule has 9 heteroatoms. The highest BCUT2D eigenvalue weighted by Gasteiger charge is 2.41. The van der Waals surface area contributed by atoms with Gasteiger partial charge in [0.15, 0.2) is 10.2 Å². The molecule has 6 nitrogen and oxygen atoms in total. The van der Waals surface area contributed by atoms with E-state index >= 15 is 0 Å². The third-order valence-electron chi connectivity index (χ3n) is 6.10. The summed E-state index contributed by atoms with van der Waals surface area (Å²) in [4.78, 5) is 10.4. The predicted octanol–water partition coefficient (Wildman–Crippen LogP) is 5.17. The predicted molar refractivity (Wildman–Crippen MR) is 138 cm³/mol. The number of morpholine rings is 1. The first-order valence-corrected chi connectivity index (χ1v) is 13.1. The van der Waals surface area contributed by atoms with Crippen molar-refractivity contribution in [2.45, 2.75) is 28.5 Å². The zero-order chi connectivity index (χ0) is 23.3. The molecule has 178 valence electrons. The van der Waals surface area contributed by atoms with Gasteiger partial charge in [-0.15, -0.1) is 0 Å². The Kier molecular flexibility index (Phi) is 7.71. The van der Waals surface area contributed by atoms with Gasteiger partial charge in [0, 0.05) is 42.3 Å². The largest absolute Gasteiger partial charge is 0.452 e. The minimum Gasteiger partial charge on any atom is -0.452 e. The summed E-state index contributed by atoms with van der Waals surface area (Å²) in [7, 11) is 0. The third kappa shape index (κ3) is 5.58. The second-order valence-corrected chi connectivity index (χ2v) is 10.2. The molecule has 3 aromatic rings. The number of nitrogens with one attached hydrogen (secondary N) is 1. The van der Waals surface area contributed by atoms with Gasteiger partial charge in [0.05, 0.1) is 24.9 Å². The van der Waals surface area contributed by atoms with Crippen molar-refractivity contribution in [1.82, 2.24) is 20.1 Å². The van der Waals surface area contributed by atoms with Gasteiger partial charge in [-0.1, -0.05) is 29.4 Å². The van der Waals surface area contributed by atoms with E-state index in [4.69, 9.17) is 33.0 Å². The molecule has 0 amide bonds. The van der Waals surface area contributed by atoms with Gasteiger partial charge in [-0.05, 0) is 67.2 Å².